The van der Waals surface area contributed by atoms with Gasteiger partial charge in [-0.3, -0.25) is 14.4 Å². The SMILES string of the molecule is C[C@@H](NC(=O)COC(=O)CCC(=O)c1ccccc1)c1ccc(Cl)cc1Cl. The molecule has 27 heavy (non-hydrogen) atoms. The highest BCUT2D eigenvalue weighted by Crippen LogP contribution is 2.25. The van der Waals surface area contributed by atoms with Crippen molar-refractivity contribution in [2.45, 2.75) is 25.8 Å². The van der Waals surface area contributed by atoms with Crippen LogP contribution in [0.15, 0.2) is 48.5 Å². The van der Waals surface area contributed by atoms with Crippen molar-refractivity contribution in [1.82, 2.24) is 5.32 Å². The van der Waals surface area contributed by atoms with Gasteiger partial charge in [0.15, 0.2) is 12.4 Å². The number of hydrogen-bond donors (Lipinski definition) is 1. The maximum atomic E-state index is 11.9. The number of ketones is 1. The molecule has 1 N–H and O–H groups in total. The van der Waals surface area contributed by atoms with E-state index in [0.717, 1.165) is 0 Å². The summed E-state index contributed by atoms with van der Waals surface area (Å²) in [6.45, 7) is 1.33. The second-order valence-corrected chi connectivity index (χ2v) is 6.75. The number of benzene rings is 2. The summed E-state index contributed by atoms with van der Waals surface area (Å²) in [5, 5.41) is 3.63. The molecule has 0 aliphatic rings. The summed E-state index contributed by atoms with van der Waals surface area (Å²) in [5.41, 5.74) is 1.24. The molecule has 2 aromatic rings. The van der Waals surface area contributed by atoms with E-state index in [9.17, 15) is 14.4 Å². The molecule has 2 aromatic carbocycles. The summed E-state index contributed by atoms with van der Waals surface area (Å²) < 4.78 is 4.92. The van der Waals surface area contributed by atoms with E-state index >= 15 is 0 Å². The average molecular weight is 408 g/mol. The first-order valence-electron chi connectivity index (χ1n) is 8.35. The minimum absolute atomic E-state index is 0.0290. The normalized spacial score (nSPS) is 11.5. The second-order valence-electron chi connectivity index (χ2n) is 5.90. The van der Waals surface area contributed by atoms with Crippen molar-refractivity contribution in [1.29, 1.82) is 0 Å². The molecule has 0 saturated heterocycles. The largest absolute Gasteiger partial charge is 0.456 e. The molecule has 0 bridgehead atoms. The molecule has 142 valence electrons. The van der Waals surface area contributed by atoms with Gasteiger partial charge in [-0.1, -0.05) is 59.6 Å². The lowest BCUT2D eigenvalue weighted by Crippen LogP contribution is -2.31. The van der Waals surface area contributed by atoms with Gasteiger partial charge in [-0.15, -0.1) is 0 Å². The van der Waals surface area contributed by atoms with Crippen LogP contribution in [0.1, 0.15) is 41.7 Å². The van der Waals surface area contributed by atoms with Crippen molar-refractivity contribution >= 4 is 40.9 Å². The van der Waals surface area contributed by atoms with Crippen LogP contribution in [0.2, 0.25) is 10.0 Å². The van der Waals surface area contributed by atoms with E-state index in [2.05, 4.69) is 5.32 Å². The zero-order valence-corrected chi connectivity index (χ0v) is 16.2. The monoisotopic (exact) mass is 407 g/mol. The number of ether oxygens (including phenoxy) is 1. The molecule has 0 heterocycles. The number of hydrogen-bond acceptors (Lipinski definition) is 4. The molecule has 1 amide bonds. The molecule has 0 radical (unpaired) electrons. The van der Waals surface area contributed by atoms with Crippen LogP contribution in [0.3, 0.4) is 0 Å². The van der Waals surface area contributed by atoms with Crippen LogP contribution in [0.5, 0.6) is 0 Å². The Morgan fingerprint density at radius 2 is 1.74 bits per heavy atom. The number of halogens is 2. The Kier molecular flexibility index (Phi) is 7.82. The minimum Gasteiger partial charge on any atom is -0.456 e. The summed E-state index contributed by atoms with van der Waals surface area (Å²) in [6, 6.07) is 13.3. The summed E-state index contributed by atoms with van der Waals surface area (Å²) >= 11 is 12.0. The van der Waals surface area contributed by atoms with Crippen LogP contribution in [-0.2, 0) is 14.3 Å². The molecule has 0 unspecified atom stereocenters. The highest BCUT2D eigenvalue weighted by molar-refractivity contribution is 6.35. The van der Waals surface area contributed by atoms with Gasteiger partial charge in [0.25, 0.3) is 5.91 Å². The summed E-state index contributed by atoms with van der Waals surface area (Å²) in [4.78, 5) is 35.6. The molecule has 0 aromatic heterocycles. The van der Waals surface area contributed by atoms with Crippen LogP contribution in [0.4, 0.5) is 0 Å². The lowest BCUT2D eigenvalue weighted by molar-refractivity contribution is -0.148. The lowest BCUT2D eigenvalue weighted by atomic mass is 10.1. The van der Waals surface area contributed by atoms with Gasteiger partial charge in [-0.25, -0.2) is 0 Å². The Balaban J connectivity index is 1.74. The van der Waals surface area contributed by atoms with E-state index in [4.69, 9.17) is 27.9 Å². The predicted octanol–water partition coefficient (Wildman–Crippen LogP) is 4.38. The molecular formula is C20H19Cl2NO4. The third kappa shape index (κ3) is 6.70. The maximum Gasteiger partial charge on any atom is 0.306 e. The van der Waals surface area contributed by atoms with Crippen molar-refractivity contribution < 1.29 is 19.1 Å². The average Bonchev–Trinajstić information content (AvgIpc) is 2.65. The summed E-state index contributed by atoms with van der Waals surface area (Å²) in [7, 11) is 0. The Morgan fingerprint density at radius 3 is 2.41 bits per heavy atom. The molecule has 0 saturated carbocycles. The number of rotatable bonds is 8. The number of Topliss-reactive ketones (excluding diaryl/α,β-unsaturated/α-hetero) is 1. The third-order valence-corrected chi connectivity index (χ3v) is 4.39. The van der Waals surface area contributed by atoms with E-state index < -0.39 is 18.5 Å². The molecule has 0 spiro atoms. The van der Waals surface area contributed by atoms with E-state index in [-0.39, 0.29) is 24.7 Å². The molecule has 7 heteroatoms. The van der Waals surface area contributed by atoms with Crippen molar-refractivity contribution in [2.24, 2.45) is 0 Å². The Labute approximate surface area is 167 Å². The molecule has 0 fully saturated rings. The molecular weight excluding hydrogens is 389 g/mol. The Morgan fingerprint density at radius 1 is 1.04 bits per heavy atom. The smallest absolute Gasteiger partial charge is 0.306 e. The first-order valence-corrected chi connectivity index (χ1v) is 9.10. The van der Waals surface area contributed by atoms with Crippen LogP contribution >= 0.6 is 23.2 Å². The van der Waals surface area contributed by atoms with Gasteiger partial charge >= 0.3 is 5.97 Å². The summed E-state index contributed by atoms with van der Waals surface area (Å²) in [6.07, 6.45) is -0.0547. The Bertz CT molecular complexity index is 824. The fraction of sp³-hybridized carbons (Fsp3) is 0.250. The van der Waals surface area contributed by atoms with Crippen LogP contribution in [0.25, 0.3) is 0 Å². The van der Waals surface area contributed by atoms with Gasteiger partial charge in [-0.2, -0.15) is 0 Å². The first-order chi connectivity index (χ1) is 12.9. The number of nitrogens with one attached hydrogen (secondary N) is 1. The highest BCUT2D eigenvalue weighted by Gasteiger charge is 2.15. The van der Waals surface area contributed by atoms with Gasteiger partial charge in [0, 0.05) is 22.0 Å². The third-order valence-electron chi connectivity index (χ3n) is 3.82. The molecule has 5 nitrogen and oxygen atoms in total. The van der Waals surface area contributed by atoms with Gasteiger partial charge in [0.05, 0.1) is 12.5 Å². The van der Waals surface area contributed by atoms with E-state index in [1.165, 1.54) is 0 Å². The van der Waals surface area contributed by atoms with E-state index in [0.29, 0.717) is 21.2 Å². The number of esters is 1. The standard InChI is InChI=1S/C20H19Cl2NO4/c1-13(16-8-7-15(21)11-17(16)22)23-19(25)12-27-20(26)10-9-18(24)14-5-3-2-4-6-14/h2-8,11,13H,9-10,12H2,1H3,(H,23,25)/t13-/m1/s1. The lowest BCUT2D eigenvalue weighted by Gasteiger charge is -2.16. The first kappa shape index (κ1) is 20.9. The number of carbonyl (C=O) groups is 3. The van der Waals surface area contributed by atoms with Gasteiger partial charge in [-0.05, 0) is 24.6 Å². The molecule has 0 aliphatic carbocycles. The minimum atomic E-state index is -0.605. The fourth-order valence-electron chi connectivity index (χ4n) is 2.42. The van der Waals surface area contributed by atoms with Crippen LogP contribution in [-0.4, -0.2) is 24.3 Å². The zero-order valence-electron chi connectivity index (χ0n) is 14.7. The van der Waals surface area contributed by atoms with Crippen molar-refractivity contribution in [2.75, 3.05) is 6.61 Å². The fourth-order valence-corrected chi connectivity index (χ4v) is 2.99. The van der Waals surface area contributed by atoms with Crippen molar-refractivity contribution in [3.8, 4) is 0 Å². The summed E-state index contributed by atoms with van der Waals surface area (Å²) in [5.74, 6) is -1.22. The van der Waals surface area contributed by atoms with Crippen molar-refractivity contribution in [3.05, 3.63) is 69.7 Å². The van der Waals surface area contributed by atoms with Gasteiger partial charge < -0.3 is 10.1 Å². The van der Waals surface area contributed by atoms with Gasteiger partial charge in [0.1, 0.15) is 0 Å². The van der Waals surface area contributed by atoms with Crippen LogP contribution < -0.4 is 5.32 Å². The quantitative estimate of drug-likeness (QED) is 0.520. The maximum absolute atomic E-state index is 11.9. The van der Waals surface area contributed by atoms with E-state index in [1.807, 2.05) is 6.07 Å². The molecule has 0 aliphatic heterocycles. The topological polar surface area (TPSA) is 72.5 Å². The molecule has 2 rings (SSSR count). The highest BCUT2D eigenvalue weighted by atomic mass is 35.5. The Hall–Kier alpha value is -2.37. The van der Waals surface area contributed by atoms with Crippen molar-refractivity contribution in [3.63, 3.8) is 0 Å². The molecule has 1 atom stereocenters. The number of amides is 1. The van der Waals surface area contributed by atoms with E-state index in [1.54, 1.807) is 49.4 Å². The second kappa shape index (κ2) is 10.1. The predicted molar refractivity (Wildman–Crippen MR) is 104 cm³/mol. The zero-order chi connectivity index (χ0) is 19.8. The van der Waals surface area contributed by atoms with Gasteiger partial charge in [0.2, 0.25) is 0 Å². The number of carbonyl (C=O) groups excluding carboxylic acids is 3. The van der Waals surface area contributed by atoms with Crippen LogP contribution in [0, 0.1) is 0 Å².